The van der Waals surface area contributed by atoms with Crippen molar-refractivity contribution in [2.75, 3.05) is 6.54 Å². The minimum atomic E-state index is -0.266. The van der Waals surface area contributed by atoms with Crippen LogP contribution in [-0.4, -0.2) is 16.7 Å². The lowest BCUT2D eigenvalue weighted by Gasteiger charge is -2.23. The highest BCUT2D eigenvalue weighted by molar-refractivity contribution is 5.30. The van der Waals surface area contributed by atoms with E-state index < -0.39 is 0 Å². The van der Waals surface area contributed by atoms with Crippen molar-refractivity contribution in [3.05, 3.63) is 47.6 Å². The SMILES string of the molecule is CC(C)(c1ccccc1)c1noc(C2(CN)CCCC2)n1. The standard InChI is InChI=1S/C17H23N3O/c1-16(2,13-8-4-3-5-9-13)14-19-15(21-20-14)17(12-18)10-6-7-11-17/h3-5,8-9H,6-7,10-12,18H2,1-2H3. The van der Waals surface area contributed by atoms with Gasteiger partial charge in [0.1, 0.15) is 0 Å². The molecule has 4 heteroatoms. The highest BCUT2D eigenvalue weighted by Gasteiger charge is 2.41. The first-order chi connectivity index (χ1) is 10.1. The van der Waals surface area contributed by atoms with Gasteiger partial charge in [0, 0.05) is 6.54 Å². The second kappa shape index (κ2) is 5.26. The van der Waals surface area contributed by atoms with Crippen molar-refractivity contribution < 1.29 is 4.52 Å². The van der Waals surface area contributed by atoms with Crippen LogP contribution < -0.4 is 5.73 Å². The van der Waals surface area contributed by atoms with E-state index in [4.69, 9.17) is 15.2 Å². The van der Waals surface area contributed by atoms with E-state index in [0.717, 1.165) is 24.6 Å². The first-order valence-corrected chi connectivity index (χ1v) is 7.69. The molecule has 1 saturated carbocycles. The summed E-state index contributed by atoms with van der Waals surface area (Å²) < 4.78 is 5.61. The van der Waals surface area contributed by atoms with E-state index in [1.54, 1.807) is 0 Å². The van der Waals surface area contributed by atoms with Gasteiger partial charge in [-0.1, -0.05) is 48.3 Å². The summed E-state index contributed by atoms with van der Waals surface area (Å²) in [6, 6.07) is 10.3. The van der Waals surface area contributed by atoms with Gasteiger partial charge in [0.2, 0.25) is 5.89 Å². The predicted molar refractivity (Wildman–Crippen MR) is 82.1 cm³/mol. The van der Waals surface area contributed by atoms with Gasteiger partial charge in [0.25, 0.3) is 0 Å². The van der Waals surface area contributed by atoms with Crippen LogP contribution in [0.15, 0.2) is 34.9 Å². The van der Waals surface area contributed by atoms with E-state index in [9.17, 15) is 0 Å². The molecule has 1 aliphatic carbocycles. The molecule has 1 aliphatic rings. The Morgan fingerprint density at radius 1 is 1.19 bits per heavy atom. The third-order valence-electron chi connectivity index (χ3n) is 4.89. The summed E-state index contributed by atoms with van der Waals surface area (Å²) in [6.45, 7) is 4.84. The average Bonchev–Trinajstić information content (AvgIpc) is 3.18. The number of aromatic nitrogens is 2. The summed E-state index contributed by atoms with van der Waals surface area (Å²) in [5.74, 6) is 1.46. The van der Waals surface area contributed by atoms with Gasteiger partial charge in [0.05, 0.1) is 10.8 Å². The Hall–Kier alpha value is -1.68. The fraction of sp³-hybridized carbons (Fsp3) is 0.529. The van der Waals surface area contributed by atoms with Crippen LogP contribution >= 0.6 is 0 Å². The lowest BCUT2D eigenvalue weighted by atomic mass is 9.83. The Morgan fingerprint density at radius 3 is 2.48 bits per heavy atom. The molecule has 0 aliphatic heterocycles. The molecule has 3 rings (SSSR count). The zero-order valence-corrected chi connectivity index (χ0v) is 12.8. The molecular formula is C17H23N3O. The molecule has 1 aromatic carbocycles. The van der Waals surface area contributed by atoms with Crippen molar-refractivity contribution in [3.63, 3.8) is 0 Å². The smallest absolute Gasteiger partial charge is 0.234 e. The lowest BCUT2D eigenvalue weighted by Crippen LogP contribution is -2.32. The highest BCUT2D eigenvalue weighted by atomic mass is 16.5. The van der Waals surface area contributed by atoms with Crippen LogP contribution in [0.2, 0.25) is 0 Å². The summed E-state index contributed by atoms with van der Waals surface area (Å²) in [4.78, 5) is 4.73. The molecule has 1 fully saturated rings. The van der Waals surface area contributed by atoms with Crippen LogP contribution in [0.25, 0.3) is 0 Å². The summed E-state index contributed by atoms with van der Waals surface area (Å²) in [7, 11) is 0. The van der Waals surface area contributed by atoms with Crippen LogP contribution in [-0.2, 0) is 10.8 Å². The molecule has 2 N–H and O–H groups in total. The van der Waals surface area contributed by atoms with Gasteiger partial charge >= 0.3 is 0 Å². The van der Waals surface area contributed by atoms with Crippen LogP contribution in [0, 0.1) is 0 Å². The molecule has 0 amide bonds. The Balaban J connectivity index is 1.95. The van der Waals surface area contributed by atoms with Crippen molar-refractivity contribution in [3.8, 4) is 0 Å². The van der Waals surface area contributed by atoms with Crippen molar-refractivity contribution in [1.29, 1.82) is 0 Å². The van der Waals surface area contributed by atoms with Crippen molar-refractivity contribution in [2.24, 2.45) is 5.73 Å². The van der Waals surface area contributed by atoms with Gasteiger partial charge in [-0.3, -0.25) is 0 Å². The first kappa shape index (κ1) is 14.3. The van der Waals surface area contributed by atoms with Gasteiger partial charge in [-0.25, -0.2) is 0 Å². The van der Waals surface area contributed by atoms with E-state index in [1.165, 1.54) is 18.4 Å². The van der Waals surface area contributed by atoms with Gasteiger partial charge < -0.3 is 10.3 Å². The van der Waals surface area contributed by atoms with Crippen LogP contribution in [0.1, 0.15) is 56.8 Å². The summed E-state index contributed by atoms with van der Waals surface area (Å²) in [5, 5.41) is 4.26. The molecule has 0 spiro atoms. The molecule has 21 heavy (non-hydrogen) atoms. The Morgan fingerprint density at radius 2 is 1.86 bits per heavy atom. The molecule has 2 aromatic rings. The minimum Gasteiger partial charge on any atom is -0.339 e. The Labute approximate surface area is 125 Å². The third-order valence-corrected chi connectivity index (χ3v) is 4.89. The molecule has 0 saturated heterocycles. The maximum atomic E-state index is 6.00. The maximum absolute atomic E-state index is 6.00. The number of hydrogen-bond acceptors (Lipinski definition) is 4. The van der Waals surface area contributed by atoms with Gasteiger partial charge in [-0.05, 0) is 32.3 Å². The third kappa shape index (κ3) is 2.38. The Kier molecular flexibility index (Phi) is 3.57. The number of rotatable bonds is 4. The fourth-order valence-electron chi connectivity index (χ4n) is 3.23. The van der Waals surface area contributed by atoms with Crippen molar-refractivity contribution in [1.82, 2.24) is 10.1 Å². The maximum Gasteiger partial charge on any atom is 0.234 e. The minimum absolute atomic E-state index is 0.0992. The summed E-state index contributed by atoms with van der Waals surface area (Å²) in [6.07, 6.45) is 4.49. The molecule has 0 bridgehead atoms. The molecule has 0 radical (unpaired) electrons. The molecule has 1 heterocycles. The second-order valence-corrected chi connectivity index (χ2v) is 6.61. The molecule has 0 atom stereocenters. The highest BCUT2D eigenvalue weighted by Crippen LogP contribution is 2.40. The molecule has 112 valence electrons. The van der Waals surface area contributed by atoms with Crippen LogP contribution in [0.4, 0.5) is 0 Å². The lowest BCUT2D eigenvalue weighted by molar-refractivity contribution is 0.281. The normalized spacial score (nSPS) is 18.0. The molecular weight excluding hydrogens is 262 g/mol. The van der Waals surface area contributed by atoms with E-state index in [1.807, 2.05) is 18.2 Å². The molecule has 4 nitrogen and oxygen atoms in total. The predicted octanol–water partition coefficient (Wildman–Crippen LogP) is 3.17. The Bertz CT molecular complexity index is 598. The number of nitrogens with two attached hydrogens (primary N) is 1. The number of nitrogens with zero attached hydrogens (tertiary/aromatic N) is 2. The topological polar surface area (TPSA) is 64.9 Å². The number of hydrogen-bond donors (Lipinski definition) is 1. The number of benzene rings is 1. The molecule has 1 aromatic heterocycles. The van der Waals surface area contributed by atoms with Crippen LogP contribution in [0.5, 0.6) is 0 Å². The fourth-order valence-corrected chi connectivity index (χ4v) is 3.23. The zero-order valence-electron chi connectivity index (χ0n) is 12.8. The zero-order chi connectivity index (χ0) is 14.9. The van der Waals surface area contributed by atoms with E-state index >= 15 is 0 Å². The van der Waals surface area contributed by atoms with Gasteiger partial charge in [-0.2, -0.15) is 4.98 Å². The van der Waals surface area contributed by atoms with Crippen LogP contribution in [0.3, 0.4) is 0 Å². The van der Waals surface area contributed by atoms with Gasteiger partial charge in [-0.15, -0.1) is 0 Å². The first-order valence-electron chi connectivity index (χ1n) is 7.69. The van der Waals surface area contributed by atoms with Crippen molar-refractivity contribution in [2.45, 2.75) is 50.4 Å². The van der Waals surface area contributed by atoms with Gasteiger partial charge in [0.15, 0.2) is 5.82 Å². The van der Waals surface area contributed by atoms with E-state index in [0.29, 0.717) is 6.54 Å². The largest absolute Gasteiger partial charge is 0.339 e. The van der Waals surface area contributed by atoms with E-state index in [-0.39, 0.29) is 10.8 Å². The monoisotopic (exact) mass is 285 g/mol. The average molecular weight is 285 g/mol. The summed E-state index contributed by atoms with van der Waals surface area (Å²) >= 11 is 0. The van der Waals surface area contributed by atoms with Crippen molar-refractivity contribution >= 4 is 0 Å². The molecule has 0 unspecified atom stereocenters. The second-order valence-electron chi connectivity index (χ2n) is 6.61. The van der Waals surface area contributed by atoms with E-state index in [2.05, 4.69) is 31.1 Å². The quantitative estimate of drug-likeness (QED) is 0.937. The summed E-state index contributed by atoms with van der Waals surface area (Å²) in [5.41, 5.74) is 6.82.